The summed E-state index contributed by atoms with van der Waals surface area (Å²) in [6.07, 6.45) is 7.99. The van der Waals surface area contributed by atoms with Gasteiger partial charge in [-0.15, -0.1) is 22.5 Å². The number of nitrogens with zero attached hydrogens (tertiary/aromatic N) is 2. The van der Waals surface area contributed by atoms with Crippen LogP contribution in [0.1, 0.15) is 73.0 Å². The monoisotopic (exact) mass is 603 g/mol. The normalized spacial score (nSPS) is 13.9. The largest absolute Gasteiger partial charge is 0.457 e. The number of likely N-dealkylation sites (tertiary alicyclic amines) is 1. The van der Waals surface area contributed by atoms with E-state index >= 15 is 0 Å². The summed E-state index contributed by atoms with van der Waals surface area (Å²) in [5, 5.41) is 11.7. The lowest BCUT2D eigenvalue weighted by molar-refractivity contribution is -0.757. The van der Waals surface area contributed by atoms with Gasteiger partial charge in [0.05, 0.1) is 12.1 Å². The van der Waals surface area contributed by atoms with Crippen LogP contribution >= 0.6 is 12.4 Å². The predicted octanol–water partition coefficient (Wildman–Crippen LogP) is 4.93. The molecule has 1 saturated heterocycles. The lowest BCUT2D eigenvalue weighted by Gasteiger charge is -2.27. The highest BCUT2D eigenvalue weighted by molar-refractivity contribution is 5.93. The summed E-state index contributed by atoms with van der Waals surface area (Å²) in [4.78, 5) is 54.2. The molecule has 2 aromatic carbocycles. The molecule has 1 aliphatic heterocycles. The van der Waals surface area contributed by atoms with Gasteiger partial charge in [-0.1, -0.05) is 50.1 Å². The second kappa shape index (κ2) is 18.5. The van der Waals surface area contributed by atoms with Crippen LogP contribution in [0, 0.1) is 10.1 Å². The van der Waals surface area contributed by atoms with Crippen LogP contribution in [0.15, 0.2) is 54.6 Å². The molecule has 0 radical (unpaired) electrons. The number of piperidine rings is 1. The predicted molar refractivity (Wildman–Crippen MR) is 159 cm³/mol. The van der Waals surface area contributed by atoms with Crippen LogP contribution in [-0.4, -0.2) is 60.6 Å². The van der Waals surface area contributed by atoms with Gasteiger partial charge in [0.15, 0.2) is 0 Å². The fraction of sp³-hybridized carbons (Fsp3) is 0.433. The van der Waals surface area contributed by atoms with Crippen molar-refractivity contribution in [1.29, 1.82) is 0 Å². The van der Waals surface area contributed by atoms with Crippen molar-refractivity contribution in [1.82, 2.24) is 10.2 Å². The molecular formula is C30H38ClN3O8. The van der Waals surface area contributed by atoms with Crippen LogP contribution < -0.4 is 10.1 Å². The maximum atomic E-state index is 13.2. The number of nitrogens with one attached hydrogen (secondary N) is 1. The molecule has 1 unspecified atom stereocenters. The molecule has 42 heavy (non-hydrogen) atoms. The quantitative estimate of drug-likeness (QED) is 0.0750. The summed E-state index contributed by atoms with van der Waals surface area (Å²) in [5.74, 6) is -0.971. The number of amides is 1. The maximum Gasteiger partial charge on any atom is 0.343 e. The van der Waals surface area contributed by atoms with E-state index in [1.54, 1.807) is 48.5 Å². The van der Waals surface area contributed by atoms with Crippen LogP contribution in [0.25, 0.3) is 6.08 Å². The number of esters is 2. The molecule has 0 aromatic heterocycles. The summed E-state index contributed by atoms with van der Waals surface area (Å²) < 4.78 is 11.5. The van der Waals surface area contributed by atoms with Crippen LogP contribution in [0.4, 0.5) is 0 Å². The van der Waals surface area contributed by atoms with E-state index in [0.717, 1.165) is 38.8 Å². The highest BCUT2D eigenvalue weighted by Crippen LogP contribution is 2.28. The van der Waals surface area contributed by atoms with E-state index in [9.17, 15) is 24.5 Å². The van der Waals surface area contributed by atoms with E-state index in [2.05, 4.69) is 22.0 Å². The van der Waals surface area contributed by atoms with E-state index in [0.29, 0.717) is 28.9 Å². The minimum absolute atomic E-state index is 0. The summed E-state index contributed by atoms with van der Waals surface area (Å²) in [6, 6.07) is 13.6. The van der Waals surface area contributed by atoms with Crippen LogP contribution in [0.3, 0.4) is 0 Å². The van der Waals surface area contributed by atoms with E-state index in [-0.39, 0.29) is 38.1 Å². The van der Waals surface area contributed by atoms with Crippen molar-refractivity contribution in [3.05, 3.63) is 81.4 Å². The number of carbonyl (C=O) groups is 3. The molecular weight excluding hydrogens is 566 g/mol. The number of rotatable bonds is 15. The zero-order valence-corrected chi connectivity index (χ0v) is 24.5. The van der Waals surface area contributed by atoms with E-state index in [1.807, 2.05) is 6.07 Å². The number of ether oxygens (including phenoxy) is 2. The molecule has 1 fully saturated rings. The highest BCUT2D eigenvalue weighted by Gasteiger charge is 2.25. The van der Waals surface area contributed by atoms with Gasteiger partial charge in [0.1, 0.15) is 18.5 Å². The summed E-state index contributed by atoms with van der Waals surface area (Å²) in [7, 11) is 0. The van der Waals surface area contributed by atoms with Crippen LogP contribution in [0.5, 0.6) is 5.75 Å². The Balaban J connectivity index is 0.00000616. The fourth-order valence-corrected chi connectivity index (χ4v) is 4.46. The molecule has 1 atom stereocenters. The molecule has 1 heterocycles. The minimum atomic E-state index is -0.925. The minimum Gasteiger partial charge on any atom is -0.457 e. The Labute approximate surface area is 251 Å². The van der Waals surface area contributed by atoms with Gasteiger partial charge in [0, 0.05) is 18.2 Å². The Hall–Kier alpha value is -3.96. The number of hydrogen-bond acceptors (Lipinski definition) is 9. The molecule has 3 rings (SSSR count). The number of carbonyl (C=O) groups excluding carboxylic acids is 3. The molecule has 11 nitrogen and oxygen atoms in total. The maximum absolute atomic E-state index is 13.2. The Morgan fingerprint density at radius 2 is 1.79 bits per heavy atom. The Kier molecular flexibility index (Phi) is 15.1. The van der Waals surface area contributed by atoms with Crippen molar-refractivity contribution in [2.75, 3.05) is 32.8 Å². The van der Waals surface area contributed by atoms with Crippen molar-refractivity contribution in [3.8, 4) is 5.75 Å². The zero-order chi connectivity index (χ0) is 29.5. The third-order valence-corrected chi connectivity index (χ3v) is 6.54. The average molecular weight is 604 g/mol. The summed E-state index contributed by atoms with van der Waals surface area (Å²) in [6.45, 7) is 3.84. The molecule has 1 N–H and O–H groups in total. The fourth-order valence-electron chi connectivity index (χ4n) is 4.46. The van der Waals surface area contributed by atoms with E-state index in [1.165, 1.54) is 12.5 Å². The van der Waals surface area contributed by atoms with Gasteiger partial charge < -0.3 is 19.6 Å². The molecule has 228 valence electrons. The summed E-state index contributed by atoms with van der Waals surface area (Å²) in [5.41, 5.74) is 1.63. The average Bonchev–Trinajstić information content (AvgIpc) is 2.97. The van der Waals surface area contributed by atoms with Gasteiger partial charge in [0.2, 0.25) is 5.91 Å². The van der Waals surface area contributed by atoms with Crippen molar-refractivity contribution in [2.24, 2.45) is 0 Å². The third-order valence-electron chi connectivity index (χ3n) is 6.54. The number of unbranched alkanes of at least 4 members (excludes halogenated alkanes) is 1. The lowest BCUT2D eigenvalue weighted by Crippen LogP contribution is -2.35. The Morgan fingerprint density at radius 3 is 2.48 bits per heavy atom. The van der Waals surface area contributed by atoms with E-state index in [4.69, 9.17) is 9.47 Å². The first kappa shape index (κ1) is 34.2. The Morgan fingerprint density at radius 1 is 1.07 bits per heavy atom. The SMILES string of the molecule is CCCCC(OC(=O)CN1CCCCC1)c1ccccc1C(=O)Oc1ccc(/C=C/C(=O)NCCO[N+](=O)[O-])cc1.Cl. The molecule has 0 aliphatic carbocycles. The van der Waals surface area contributed by atoms with Gasteiger partial charge in [-0.3, -0.25) is 14.5 Å². The van der Waals surface area contributed by atoms with Crippen LogP contribution in [0.2, 0.25) is 0 Å². The molecule has 1 aliphatic rings. The first-order valence-corrected chi connectivity index (χ1v) is 13.9. The van der Waals surface area contributed by atoms with Gasteiger partial charge in [0.25, 0.3) is 5.09 Å². The molecule has 0 bridgehead atoms. The van der Waals surface area contributed by atoms with Gasteiger partial charge in [-0.25, -0.2) is 4.79 Å². The zero-order valence-electron chi connectivity index (χ0n) is 23.7. The van der Waals surface area contributed by atoms with Crippen LogP contribution in [-0.2, 0) is 19.2 Å². The van der Waals surface area contributed by atoms with Crippen molar-refractivity contribution in [3.63, 3.8) is 0 Å². The van der Waals surface area contributed by atoms with Gasteiger partial charge >= 0.3 is 11.9 Å². The summed E-state index contributed by atoms with van der Waals surface area (Å²) >= 11 is 0. The number of halogens is 1. The molecule has 0 spiro atoms. The Bertz CT molecular complexity index is 1200. The third kappa shape index (κ3) is 11.9. The second-order valence-electron chi connectivity index (χ2n) is 9.68. The standard InChI is InChI=1S/C30H37N3O8.ClH/c1-2-3-11-27(41-29(35)22-32-19-7-4-8-20-32)25-9-5-6-10-26(25)30(36)40-24-15-12-23(13-16-24)14-17-28(34)31-18-21-39-33(37)38;/h5-6,9-10,12-17,27H,2-4,7-8,11,18-22H2,1H3,(H,31,34);1H/b17-14+;. The molecule has 2 aromatic rings. The first-order chi connectivity index (χ1) is 19.9. The number of hydrogen-bond donors (Lipinski definition) is 1. The number of benzene rings is 2. The topological polar surface area (TPSA) is 137 Å². The molecule has 0 saturated carbocycles. The first-order valence-electron chi connectivity index (χ1n) is 13.9. The van der Waals surface area contributed by atoms with Crippen molar-refractivity contribution in [2.45, 2.75) is 51.6 Å². The van der Waals surface area contributed by atoms with E-state index < -0.39 is 23.1 Å². The molecule has 1 amide bonds. The molecule has 12 heteroatoms. The van der Waals surface area contributed by atoms with Crippen molar-refractivity contribution < 1.29 is 33.8 Å². The van der Waals surface area contributed by atoms with Gasteiger partial charge in [-0.05, 0) is 68.6 Å². The van der Waals surface area contributed by atoms with Crippen molar-refractivity contribution >= 4 is 36.3 Å². The second-order valence-corrected chi connectivity index (χ2v) is 9.68. The van der Waals surface area contributed by atoms with Gasteiger partial charge in [-0.2, -0.15) is 0 Å². The lowest BCUT2D eigenvalue weighted by atomic mass is 9.98. The highest BCUT2D eigenvalue weighted by atomic mass is 35.5. The smallest absolute Gasteiger partial charge is 0.343 e.